The zero-order valence-electron chi connectivity index (χ0n) is 12.2. The van der Waals surface area contributed by atoms with Crippen LogP contribution in [-0.4, -0.2) is 9.55 Å². The zero-order valence-corrected chi connectivity index (χ0v) is 12.2. The number of hydrogen-bond acceptors (Lipinski definition) is 2. The van der Waals surface area contributed by atoms with Crippen LogP contribution in [0.2, 0.25) is 0 Å². The number of nitrogens with one attached hydrogen (secondary N) is 1. The van der Waals surface area contributed by atoms with Crippen LogP contribution < -0.4 is 5.32 Å². The lowest BCUT2D eigenvalue weighted by atomic mass is 10.0. The van der Waals surface area contributed by atoms with E-state index in [-0.39, 0.29) is 0 Å². The molecule has 0 radical (unpaired) electrons. The third kappa shape index (κ3) is 3.24. The summed E-state index contributed by atoms with van der Waals surface area (Å²) in [5.41, 5.74) is 3.92. The van der Waals surface area contributed by atoms with E-state index in [9.17, 15) is 0 Å². The van der Waals surface area contributed by atoms with E-state index in [2.05, 4.69) is 66.8 Å². The molecule has 2 rings (SSSR count). The Morgan fingerprint density at radius 3 is 2.63 bits per heavy atom. The minimum atomic E-state index is 0.344. The fraction of sp³-hybridized carbons (Fsp3) is 0.438. The monoisotopic (exact) mass is 257 g/mol. The second-order valence-electron chi connectivity index (χ2n) is 5.35. The lowest BCUT2D eigenvalue weighted by molar-refractivity contribution is 0.517. The van der Waals surface area contributed by atoms with Gasteiger partial charge in [0.1, 0.15) is 0 Å². The fourth-order valence-corrected chi connectivity index (χ4v) is 2.37. The highest BCUT2D eigenvalue weighted by Gasteiger charge is 2.10. The molecule has 0 aliphatic heterocycles. The first-order valence-corrected chi connectivity index (χ1v) is 6.89. The fourth-order valence-electron chi connectivity index (χ4n) is 2.37. The van der Waals surface area contributed by atoms with Gasteiger partial charge in [-0.15, -0.1) is 0 Å². The lowest BCUT2D eigenvalue weighted by Crippen LogP contribution is -2.21. The van der Waals surface area contributed by atoms with Gasteiger partial charge in [-0.05, 0) is 38.8 Å². The molecule has 0 amide bonds. The molecule has 0 aliphatic rings. The molecule has 1 N–H and O–H groups in total. The van der Waals surface area contributed by atoms with Crippen molar-refractivity contribution in [3.8, 4) is 0 Å². The van der Waals surface area contributed by atoms with Crippen LogP contribution in [0.3, 0.4) is 0 Å². The first kappa shape index (κ1) is 13.8. The smallest absolute Gasteiger partial charge is 0.0951 e. The highest BCUT2D eigenvalue weighted by atomic mass is 15.1. The van der Waals surface area contributed by atoms with E-state index >= 15 is 0 Å². The first-order valence-electron chi connectivity index (χ1n) is 6.89. The summed E-state index contributed by atoms with van der Waals surface area (Å²) in [5.74, 6) is 0. The van der Waals surface area contributed by atoms with Crippen LogP contribution in [0.25, 0.3) is 0 Å². The molecule has 0 fully saturated rings. The van der Waals surface area contributed by atoms with Gasteiger partial charge in [-0.3, -0.25) is 0 Å². The Hall–Kier alpha value is -1.61. The molecule has 0 saturated carbocycles. The molecular formula is C16H23N3. The molecule has 1 atom stereocenters. The first-order chi connectivity index (χ1) is 9.09. The van der Waals surface area contributed by atoms with Gasteiger partial charge in [0.15, 0.2) is 0 Å². The maximum absolute atomic E-state index is 4.23. The predicted octanol–water partition coefficient (Wildman–Crippen LogP) is 3.62. The van der Waals surface area contributed by atoms with Crippen LogP contribution in [-0.2, 0) is 6.54 Å². The largest absolute Gasteiger partial charge is 0.331 e. The van der Waals surface area contributed by atoms with Gasteiger partial charge in [-0.1, -0.05) is 24.3 Å². The Morgan fingerprint density at radius 2 is 1.95 bits per heavy atom. The number of aromatic nitrogens is 2. The Balaban J connectivity index is 2.03. The lowest BCUT2D eigenvalue weighted by Gasteiger charge is -2.18. The molecule has 0 aliphatic carbocycles. The quantitative estimate of drug-likeness (QED) is 0.886. The summed E-state index contributed by atoms with van der Waals surface area (Å²) >= 11 is 0. The standard InChI is InChI=1S/C16H23N3/c1-12(2)19-11-17-9-15(19)10-18-14(4)16-8-6-5-7-13(16)3/h5-9,11-12,14,18H,10H2,1-4H3/t14-/m0/s1. The summed E-state index contributed by atoms with van der Waals surface area (Å²) in [4.78, 5) is 4.23. The summed E-state index contributed by atoms with van der Waals surface area (Å²) in [6.45, 7) is 9.56. The highest BCUT2D eigenvalue weighted by molar-refractivity contribution is 5.28. The van der Waals surface area contributed by atoms with Gasteiger partial charge >= 0.3 is 0 Å². The highest BCUT2D eigenvalue weighted by Crippen LogP contribution is 2.17. The molecule has 3 nitrogen and oxygen atoms in total. The van der Waals surface area contributed by atoms with E-state index in [1.807, 2.05) is 12.5 Å². The summed E-state index contributed by atoms with van der Waals surface area (Å²) in [6, 6.07) is 9.32. The Morgan fingerprint density at radius 1 is 1.21 bits per heavy atom. The van der Waals surface area contributed by atoms with Crippen molar-refractivity contribution in [3.63, 3.8) is 0 Å². The Kier molecular flexibility index (Phi) is 4.38. The second kappa shape index (κ2) is 6.02. The van der Waals surface area contributed by atoms with Gasteiger partial charge in [0.05, 0.1) is 12.0 Å². The molecule has 0 spiro atoms. The molecule has 2 aromatic rings. The van der Waals surface area contributed by atoms with Crippen LogP contribution in [0.15, 0.2) is 36.8 Å². The number of imidazole rings is 1. The third-order valence-electron chi connectivity index (χ3n) is 3.55. The van der Waals surface area contributed by atoms with Crippen molar-refractivity contribution in [2.24, 2.45) is 0 Å². The molecule has 0 bridgehead atoms. The number of aryl methyl sites for hydroxylation is 1. The molecule has 0 saturated heterocycles. The Labute approximate surface area is 115 Å². The SMILES string of the molecule is Cc1ccccc1[C@H](C)NCc1cncn1C(C)C. The van der Waals surface area contributed by atoms with Crippen LogP contribution in [0.5, 0.6) is 0 Å². The molecule has 1 aromatic heterocycles. The summed E-state index contributed by atoms with van der Waals surface area (Å²) in [6.07, 6.45) is 3.84. The van der Waals surface area contributed by atoms with Crippen molar-refractivity contribution in [1.29, 1.82) is 0 Å². The van der Waals surface area contributed by atoms with Gasteiger partial charge in [0.2, 0.25) is 0 Å². The maximum Gasteiger partial charge on any atom is 0.0951 e. The Bertz CT molecular complexity index is 528. The molecule has 3 heteroatoms. The minimum absolute atomic E-state index is 0.344. The van der Waals surface area contributed by atoms with Gasteiger partial charge in [-0.25, -0.2) is 4.98 Å². The average Bonchev–Trinajstić information content (AvgIpc) is 2.85. The topological polar surface area (TPSA) is 29.9 Å². The van der Waals surface area contributed by atoms with E-state index in [4.69, 9.17) is 0 Å². The number of rotatable bonds is 5. The number of benzene rings is 1. The van der Waals surface area contributed by atoms with Crippen molar-refractivity contribution >= 4 is 0 Å². The van der Waals surface area contributed by atoms with E-state index in [1.165, 1.54) is 16.8 Å². The van der Waals surface area contributed by atoms with Crippen molar-refractivity contribution in [1.82, 2.24) is 14.9 Å². The van der Waals surface area contributed by atoms with Crippen LogP contribution in [0.1, 0.15) is 49.7 Å². The van der Waals surface area contributed by atoms with Crippen LogP contribution in [0.4, 0.5) is 0 Å². The molecule has 1 aromatic carbocycles. The summed E-state index contributed by atoms with van der Waals surface area (Å²) in [7, 11) is 0. The third-order valence-corrected chi connectivity index (χ3v) is 3.55. The van der Waals surface area contributed by atoms with Crippen LogP contribution >= 0.6 is 0 Å². The van der Waals surface area contributed by atoms with Crippen molar-refractivity contribution < 1.29 is 0 Å². The van der Waals surface area contributed by atoms with E-state index in [0.717, 1.165) is 6.54 Å². The van der Waals surface area contributed by atoms with Gasteiger partial charge in [0, 0.05) is 24.8 Å². The zero-order chi connectivity index (χ0) is 13.8. The minimum Gasteiger partial charge on any atom is -0.331 e. The molecule has 19 heavy (non-hydrogen) atoms. The maximum atomic E-state index is 4.23. The van der Waals surface area contributed by atoms with Gasteiger partial charge in [0.25, 0.3) is 0 Å². The van der Waals surface area contributed by atoms with Crippen molar-refractivity contribution in [2.45, 2.75) is 46.3 Å². The van der Waals surface area contributed by atoms with E-state index < -0.39 is 0 Å². The van der Waals surface area contributed by atoms with Crippen molar-refractivity contribution in [2.75, 3.05) is 0 Å². The van der Waals surface area contributed by atoms with Crippen LogP contribution in [0, 0.1) is 6.92 Å². The summed E-state index contributed by atoms with van der Waals surface area (Å²) in [5, 5.41) is 3.58. The molecule has 0 unspecified atom stereocenters. The van der Waals surface area contributed by atoms with Gasteiger partial charge in [-0.2, -0.15) is 0 Å². The molecular weight excluding hydrogens is 234 g/mol. The molecule has 1 heterocycles. The molecule has 102 valence electrons. The summed E-state index contributed by atoms with van der Waals surface area (Å²) < 4.78 is 2.21. The van der Waals surface area contributed by atoms with Gasteiger partial charge < -0.3 is 9.88 Å². The van der Waals surface area contributed by atoms with E-state index in [0.29, 0.717) is 12.1 Å². The predicted molar refractivity (Wildman–Crippen MR) is 79.0 cm³/mol. The van der Waals surface area contributed by atoms with Crippen molar-refractivity contribution in [3.05, 3.63) is 53.6 Å². The number of nitrogens with zero attached hydrogens (tertiary/aromatic N) is 2. The normalized spacial score (nSPS) is 12.9. The second-order valence-corrected chi connectivity index (χ2v) is 5.35. The number of hydrogen-bond donors (Lipinski definition) is 1. The average molecular weight is 257 g/mol. The van der Waals surface area contributed by atoms with E-state index in [1.54, 1.807) is 0 Å².